The van der Waals surface area contributed by atoms with Crippen LogP contribution in [0, 0.1) is 0 Å². The molecule has 2 nitrogen and oxygen atoms in total. The Morgan fingerprint density at radius 2 is 1.41 bits per heavy atom. The quantitative estimate of drug-likeness (QED) is 0.400. The molecule has 0 aliphatic carbocycles. The van der Waals surface area contributed by atoms with E-state index >= 15 is 0 Å². The first-order valence-electron chi connectivity index (χ1n) is 7.00. The molecular weight excluding hydrogens is 339 g/mol. The zero-order valence-electron chi connectivity index (χ0n) is 11.7. The van der Waals surface area contributed by atoms with Crippen molar-refractivity contribution in [2.75, 3.05) is 0 Å². The Balaban J connectivity index is 1.88. The summed E-state index contributed by atoms with van der Waals surface area (Å²) in [6.07, 6.45) is 0. The summed E-state index contributed by atoms with van der Waals surface area (Å²) < 4.78 is 8.11. The van der Waals surface area contributed by atoms with Gasteiger partial charge >= 0.3 is 133 Å². The van der Waals surface area contributed by atoms with Crippen LogP contribution >= 0.6 is 0 Å². The van der Waals surface area contributed by atoms with Crippen LogP contribution in [0.3, 0.4) is 0 Å². The van der Waals surface area contributed by atoms with Crippen molar-refractivity contribution in [1.29, 1.82) is 0 Å². The van der Waals surface area contributed by atoms with Crippen molar-refractivity contribution in [3.05, 3.63) is 83.0 Å². The van der Waals surface area contributed by atoms with Gasteiger partial charge in [-0.05, 0) is 0 Å². The molecule has 0 saturated heterocycles. The molecule has 1 aromatic heterocycles. The molecule has 0 fully saturated rings. The number of benzene rings is 3. The van der Waals surface area contributed by atoms with Gasteiger partial charge in [0, 0.05) is 0 Å². The van der Waals surface area contributed by atoms with E-state index < -0.39 is 0 Å². The summed E-state index contributed by atoms with van der Waals surface area (Å²) in [5.41, 5.74) is 0.0947. The second kappa shape index (κ2) is 5.45. The molecule has 4 aromatic rings. The molecule has 0 atom stereocenters. The van der Waals surface area contributed by atoms with Crippen LogP contribution in [0.1, 0.15) is 0 Å². The first-order valence-corrected chi connectivity index (χ1v) is 8.71. The Kier molecular flexibility index (Phi) is 3.30. The molecule has 0 saturated carbocycles. The van der Waals surface area contributed by atoms with Crippen molar-refractivity contribution in [2.45, 2.75) is 0 Å². The number of hydrogen-bond acceptors (Lipinski definition) is 2. The monoisotopic (exact) mass is 352 g/mol. The van der Waals surface area contributed by atoms with Gasteiger partial charge in [0.25, 0.3) is 0 Å². The summed E-state index contributed by atoms with van der Waals surface area (Å²) in [4.78, 5) is 12.7. The fourth-order valence-corrected chi connectivity index (χ4v) is 4.68. The number of para-hydroxylation sites is 1. The second-order valence-corrected chi connectivity index (χ2v) is 7.27. The van der Waals surface area contributed by atoms with Crippen LogP contribution in [0.2, 0.25) is 0 Å². The van der Waals surface area contributed by atoms with Gasteiger partial charge in [0.15, 0.2) is 0 Å². The van der Waals surface area contributed by atoms with Gasteiger partial charge in [0.05, 0.1) is 0 Å². The van der Waals surface area contributed by atoms with Gasteiger partial charge in [-0.2, -0.15) is 0 Å². The van der Waals surface area contributed by atoms with Gasteiger partial charge in [-0.3, -0.25) is 0 Å². The van der Waals surface area contributed by atoms with Crippen molar-refractivity contribution in [3.8, 4) is 11.5 Å². The van der Waals surface area contributed by atoms with Crippen LogP contribution in [-0.4, -0.2) is 14.5 Å². The number of rotatable bonds is 2. The molecule has 0 unspecified atom stereocenters. The Bertz CT molecular complexity index is 1020. The summed E-state index contributed by atoms with van der Waals surface area (Å²) in [6, 6.07) is 23.3. The molecule has 3 heteroatoms. The minimum absolute atomic E-state index is 0.0947. The molecular formula is C19H12O2Se. The molecule has 4 rings (SSSR count). The normalized spacial score (nSPS) is 10.9. The Morgan fingerprint density at radius 1 is 0.682 bits per heavy atom. The van der Waals surface area contributed by atoms with Crippen LogP contribution in [0.4, 0.5) is 0 Å². The fourth-order valence-electron chi connectivity index (χ4n) is 2.47. The van der Waals surface area contributed by atoms with E-state index in [4.69, 9.17) is 4.74 Å². The second-order valence-electron chi connectivity index (χ2n) is 5.00. The summed E-state index contributed by atoms with van der Waals surface area (Å²) >= 11 is 0.172. The SMILES string of the molecule is O=c1c2ccccc2[se]c2ccc(Oc3ccccc3)cc12. The molecule has 0 aliphatic heterocycles. The van der Waals surface area contributed by atoms with E-state index in [9.17, 15) is 4.79 Å². The van der Waals surface area contributed by atoms with Crippen LogP contribution in [0.25, 0.3) is 19.3 Å². The fraction of sp³-hybridized carbons (Fsp3) is 0. The molecule has 0 spiro atoms. The average Bonchev–Trinajstić information content (AvgIpc) is 2.57. The summed E-state index contributed by atoms with van der Waals surface area (Å²) in [7, 11) is 0. The standard InChI is InChI=1S/C19H12O2Se/c20-19-15-8-4-5-9-17(15)22-18-11-10-14(12-16(18)19)21-13-6-2-1-3-7-13/h1-12H. The zero-order chi connectivity index (χ0) is 14.9. The molecule has 0 N–H and O–H groups in total. The van der Waals surface area contributed by atoms with Crippen LogP contribution < -0.4 is 10.2 Å². The van der Waals surface area contributed by atoms with Gasteiger partial charge < -0.3 is 0 Å². The molecule has 0 aliphatic rings. The van der Waals surface area contributed by atoms with Crippen molar-refractivity contribution < 1.29 is 4.74 Å². The third-order valence-corrected chi connectivity index (χ3v) is 5.94. The first-order chi connectivity index (χ1) is 10.8. The predicted octanol–water partition coefficient (Wildman–Crippen LogP) is 4.20. The van der Waals surface area contributed by atoms with E-state index in [1.807, 2.05) is 72.8 Å². The maximum absolute atomic E-state index is 12.7. The number of fused-ring (bicyclic) bond motifs is 2. The maximum atomic E-state index is 12.7. The van der Waals surface area contributed by atoms with E-state index in [1.54, 1.807) is 0 Å². The Hall–Kier alpha value is -2.35. The Labute approximate surface area is 133 Å². The molecule has 22 heavy (non-hydrogen) atoms. The first kappa shape index (κ1) is 13.3. The predicted molar refractivity (Wildman–Crippen MR) is 91.2 cm³/mol. The molecule has 3 aromatic carbocycles. The van der Waals surface area contributed by atoms with Gasteiger partial charge in [0.1, 0.15) is 0 Å². The van der Waals surface area contributed by atoms with E-state index in [1.165, 1.54) is 0 Å². The molecule has 0 bridgehead atoms. The number of ether oxygens (including phenoxy) is 1. The van der Waals surface area contributed by atoms with Crippen LogP contribution in [0.15, 0.2) is 77.6 Å². The molecule has 1 heterocycles. The third kappa shape index (κ3) is 2.35. The summed E-state index contributed by atoms with van der Waals surface area (Å²) in [5.74, 6) is 1.48. The number of hydrogen-bond donors (Lipinski definition) is 0. The Morgan fingerprint density at radius 3 is 2.27 bits per heavy atom. The van der Waals surface area contributed by atoms with Gasteiger partial charge in [-0.15, -0.1) is 0 Å². The van der Waals surface area contributed by atoms with E-state index in [2.05, 4.69) is 0 Å². The molecule has 0 amide bonds. The van der Waals surface area contributed by atoms with Crippen molar-refractivity contribution in [1.82, 2.24) is 0 Å². The van der Waals surface area contributed by atoms with Crippen LogP contribution in [-0.2, 0) is 0 Å². The zero-order valence-corrected chi connectivity index (χ0v) is 13.4. The average molecular weight is 351 g/mol. The van der Waals surface area contributed by atoms with E-state index in [-0.39, 0.29) is 19.9 Å². The molecule has 0 radical (unpaired) electrons. The summed E-state index contributed by atoms with van der Waals surface area (Å²) in [6.45, 7) is 0. The van der Waals surface area contributed by atoms with Crippen LogP contribution in [0.5, 0.6) is 11.5 Å². The van der Waals surface area contributed by atoms with Crippen molar-refractivity contribution >= 4 is 33.8 Å². The van der Waals surface area contributed by atoms with Gasteiger partial charge in [-0.25, -0.2) is 0 Å². The van der Waals surface area contributed by atoms with E-state index in [0.717, 1.165) is 25.0 Å². The van der Waals surface area contributed by atoms with E-state index in [0.29, 0.717) is 5.75 Å². The topological polar surface area (TPSA) is 26.3 Å². The summed E-state index contributed by atoms with van der Waals surface area (Å²) in [5, 5.41) is 1.60. The van der Waals surface area contributed by atoms with Crippen molar-refractivity contribution in [3.63, 3.8) is 0 Å². The van der Waals surface area contributed by atoms with Gasteiger partial charge in [0.2, 0.25) is 0 Å². The van der Waals surface area contributed by atoms with Crippen molar-refractivity contribution in [2.24, 2.45) is 0 Å². The third-order valence-electron chi connectivity index (χ3n) is 3.53. The minimum atomic E-state index is 0.0947. The van der Waals surface area contributed by atoms with Gasteiger partial charge in [-0.1, -0.05) is 0 Å². The molecule has 106 valence electrons.